The number of nitrogens with one attached hydrogen (secondary N) is 1. The Bertz CT molecular complexity index is 1170. The summed E-state index contributed by atoms with van der Waals surface area (Å²) in [5, 5.41) is 4.45. The van der Waals surface area contributed by atoms with Crippen molar-refractivity contribution >= 4 is 17.7 Å². The van der Waals surface area contributed by atoms with Crippen LogP contribution < -0.4 is 5.43 Å². The van der Waals surface area contributed by atoms with Crippen molar-refractivity contribution in [1.82, 2.24) is 10.3 Å². The van der Waals surface area contributed by atoms with Crippen LogP contribution in [0.4, 0.5) is 4.79 Å². The van der Waals surface area contributed by atoms with Crippen LogP contribution in [0.15, 0.2) is 96.1 Å². The van der Waals surface area contributed by atoms with Crippen molar-refractivity contribution in [2.24, 2.45) is 5.10 Å². The van der Waals surface area contributed by atoms with Crippen LogP contribution in [0.3, 0.4) is 0 Å². The van der Waals surface area contributed by atoms with E-state index in [9.17, 15) is 9.59 Å². The number of benzene rings is 3. The largest absolute Gasteiger partial charge is 0.458 e. The van der Waals surface area contributed by atoms with E-state index in [0.717, 1.165) is 16.7 Å². The highest BCUT2D eigenvalue weighted by molar-refractivity contribution is 6.13. The van der Waals surface area contributed by atoms with Gasteiger partial charge in [0.15, 0.2) is 0 Å². The molecule has 6 nitrogen and oxygen atoms in total. The van der Waals surface area contributed by atoms with E-state index in [1.807, 2.05) is 91.0 Å². The fourth-order valence-electron chi connectivity index (χ4n) is 3.61. The first-order valence-corrected chi connectivity index (χ1v) is 11.7. The summed E-state index contributed by atoms with van der Waals surface area (Å²) in [5.41, 5.74) is 5.02. The summed E-state index contributed by atoms with van der Waals surface area (Å²) in [7, 11) is 0. The maximum absolute atomic E-state index is 13.4. The maximum Gasteiger partial charge on any atom is 0.339 e. The Morgan fingerprint density at radius 2 is 1.42 bits per heavy atom. The van der Waals surface area contributed by atoms with Crippen LogP contribution in [0.25, 0.3) is 0 Å². The quantitative estimate of drug-likeness (QED) is 0.212. The molecular formula is C30H31N3O3. The summed E-state index contributed by atoms with van der Waals surface area (Å²) in [6.07, 6.45) is 5.85. The monoisotopic (exact) mass is 481 g/mol. The minimum atomic E-state index is -0.935. The zero-order valence-electron chi connectivity index (χ0n) is 20.8. The van der Waals surface area contributed by atoms with Gasteiger partial charge in [-0.2, -0.15) is 5.10 Å². The molecule has 184 valence electrons. The van der Waals surface area contributed by atoms with Crippen LogP contribution in [-0.4, -0.2) is 40.8 Å². The third-order valence-corrected chi connectivity index (χ3v) is 5.21. The van der Waals surface area contributed by atoms with Crippen LogP contribution in [-0.2, 0) is 16.0 Å². The van der Waals surface area contributed by atoms with E-state index in [-0.39, 0.29) is 13.0 Å². The molecule has 3 aromatic rings. The van der Waals surface area contributed by atoms with Gasteiger partial charge in [0, 0.05) is 17.5 Å². The number of hydrazone groups is 1. The topological polar surface area (TPSA) is 71.0 Å². The van der Waals surface area contributed by atoms with Gasteiger partial charge >= 0.3 is 12.0 Å². The predicted molar refractivity (Wildman–Crippen MR) is 142 cm³/mol. The lowest BCUT2D eigenvalue weighted by atomic mass is 10.0. The van der Waals surface area contributed by atoms with Crippen molar-refractivity contribution in [3.63, 3.8) is 0 Å². The van der Waals surface area contributed by atoms with Crippen molar-refractivity contribution in [3.05, 3.63) is 108 Å². The van der Waals surface area contributed by atoms with Gasteiger partial charge in [-0.05, 0) is 26.3 Å². The molecule has 36 heavy (non-hydrogen) atoms. The molecule has 0 heterocycles. The van der Waals surface area contributed by atoms with E-state index < -0.39 is 23.6 Å². The molecule has 0 aromatic heterocycles. The Kier molecular flexibility index (Phi) is 9.01. The van der Waals surface area contributed by atoms with Gasteiger partial charge in [0.2, 0.25) is 0 Å². The summed E-state index contributed by atoms with van der Waals surface area (Å²) in [6.45, 7) is 5.26. The Morgan fingerprint density at radius 3 is 1.89 bits per heavy atom. The maximum atomic E-state index is 13.4. The first-order valence-electron chi connectivity index (χ1n) is 11.7. The van der Waals surface area contributed by atoms with Gasteiger partial charge in [-0.15, -0.1) is 6.42 Å². The number of urea groups is 1. The Labute approximate surface area is 213 Å². The van der Waals surface area contributed by atoms with Crippen LogP contribution in [0.2, 0.25) is 0 Å². The van der Waals surface area contributed by atoms with E-state index >= 15 is 0 Å². The smallest absolute Gasteiger partial charge is 0.339 e. The highest BCUT2D eigenvalue weighted by Crippen LogP contribution is 2.17. The number of ether oxygens (including phenoxy) is 1. The molecule has 1 atom stereocenters. The zero-order chi connectivity index (χ0) is 26.0. The lowest BCUT2D eigenvalue weighted by molar-refractivity contribution is -0.160. The molecule has 3 aromatic carbocycles. The molecule has 1 N–H and O–H groups in total. The molecule has 6 heteroatoms. The number of rotatable bonds is 8. The number of nitrogens with zero attached hydrogens (tertiary/aromatic N) is 2. The van der Waals surface area contributed by atoms with Crippen molar-refractivity contribution in [2.45, 2.75) is 38.8 Å². The van der Waals surface area contributed by atoms with E-state index in [1.54, 1.807) is 20.8 Å². The normalized spacial score (nSPS) is 11.5. The SMILES string of the molecule is C#CCN(C(=O)NN=C(c1ccccc1)c1ccccc1)[C@@H](Cc1ccccc1)C(=O)OC(C)(C)C. The van der Waals surface area contributed by atoms with Crippen LogP contribution >= 0.6 is 0 Å². The van der Waals surface area contributed by atoms with Crippen LogP contribution in [0, 0.1) is 12.3 Å². The van der Waals surface area contributed by atoms with Crippen molar-refractivity contribution in [2.75, 3.05) is 6.54 Å². The van der Waals surface area contributed by atoms with Gasteiger partial charge in [-0.1, -0.05) is 96.9 Å². The fourth-order valence-corrected chi connectivity index (χ4v) is 3.61. The second kappa shape index (κ2) is 12.4. The number of amides is 2. The Balaban J connectivity index is 1.94. The first kappa shape index (κ1) is 26.2. The summed E-state index contributed by atoms with van der Waals surface area (Å²) in [5.74, 6) is 1.96. The minimum Gasteiger partial charge on any atom is -0.458 e. The minimum absolute atomic E-state index is 0.0932. The zero-order valence-corrected chi connectivity index (χ0v) is 20.8. The highest BCUT2D eigenvalue weighted by atomic mass is 16.6. The highest BCUT2D eigenvalue weighted by Gasteiger charge is 2.33. The Hall–Kier alpha value is -4.37. The second-order valence-electron chi connectivity index (χ2n) is 9.18. The van der Waals surface area contributed by atoms with E-state index in [1.165, 1.54) is 4.90 Å². The van der Waals surface area contributed by atoms with Gasteiger partial charge in [0.1, 0.15) is 11.6 Å². The molecule has 0 saturated carbocycles. The molecule has 0 saturated heterocycles. The molecule has 0 unspecified atom stereocenters. The molecule has 2 amide bonds. The molecule has 0 aliphatic rings. The molecule has 0 bridgehead atoms. The number of hydrogen-bond donors (Lipinski definition) is 1. The average molecular weight is 482 g/mol. The van der Waals surface area contributed by atoms with E-state index in [4.69, 9.17) is 11.2 Å². The summed E-state index contributed by atoms with van der Waals surface area (Å²) >= 11 is 0. The summed E-state index contributed by atoms with van der Waals surface area (Å²) in [4.78, 5) is 27.9. The van der Waals surface area contributed by atoms with Crippen molar-refractivity contribution < 1.29 is 14.3 Å². The lowest BCUT2D eigenvalue weighted by Crippen LogP contribution is -2.51. The standard InChI is InChI=1S/C30H31N3O3/c1-5-21-33(26(28(34)36-30(2,3)4)22-23-15-9-6-10-16-23)29(35)32-31-27(24-17-11-7-12-18-24)25-19-13-8-14-20-25/h1,6-20,26H,21-22H2,2-4H3,(H,32,35)/t26-/m0/s1. The number of terminal acetylenes is 1. The van der Waals surface area contributed by atoms with Crippen molar-refractivity contribution in [1.29, 1.82) is 0 Å². The molecule has 0 aliphatic heterocycles. The molecule has 0 aliphatic carbocycles. The molecular weight excluding hydrogens is 450 g/mol. The average Bonchev–Trinajstić information content (AvgIpc) is 2.87. The predicted octanol–water partition coefficient (Wildman–Crippen LogP) is 5.04. The third-order valence-electron chi connectivity index (χ3n) is 5.21. The second-order valence-corrected chi connectivity index (χ2v) is 9.18. The van der Waals surface area contributed by atoms with Crippen LogP contribution in [0.5, 0.6) is 0 Å². The van der Waals surface area contributed by atoms with E-state index in [2.05, 4.69) is 16.4 Å². The number of carbonyl (C=O) groups excluding carboxylic acids is 2. The summed E-state index contributed by atoms with van der Waals surface area (Å²) < 4.78 is 5.65. The van der Waals surface area contributed by atoms with E-state index in [0.29, 0.717) is 5.71 Å². The lowest BCUT2D eigenvalue weighted by Gasteiger charge is -2.31. The van der Waals surface area contributed by atoms with Gasteiger partial charge < -0.3 is 4.74 Å². The fraction of sp³-hybridized carbons (Fsp3) is 0.233. The number of hydrogen-bond acceptors (Lipinski definition) is 4. The summed E-state index contributed by atoms with van der Waals surface area (Å²) in [6, 6.07) is 27.0. The third kappa shape index (κ3) is 7.57. The van der Waals surface area contributed by atoms with Gasteiger partial charge in [-0.3, -0.25) is 4.90 Å². The molecule has 0 radical (unpaired) electrons. The Morgan fingerprint density at radius 1 is 0.917 bits per heavy atom. The molecule has 3 rings (SSSR count). The molecule has 0 spiro atoms. The van der Waals surface area contributed by atoms with Crippen molar-refractivity contribution in [3.8, 4) is 12.3 Å². The molecule has 0 fully saturated rings. The van der Waals surface area contributed by atoms with Gasteiger partial charge in [-0.25, -0.2) is 15.0 Å². The number of carbonyl (C=O) groups is 2. The first-order chi connectivity index (χ1) is 17.3. The van der Waals surface area contributed by atoms with Gasteiger partial charge in [0.25, 0.3) is 0 Å². The number of esters is 1. The van der Waals surface area contributed by atoms with Gasteiger partial charge in [0.05, 0.1) is 12.3 Å². The van der Waals surface area contributed by atoms with Crippen LogP contribution in [0.1, 0.15) is 37.5 Å².